The standard InChI is InChI=1S/C17H23NO4S2/c1-11(10-24-13(3)19)16(20)18(17(21)22)9-14(7-12(18)2)8-15-5-4-6-23-15/h4-6,11-12,14H,7-10H2,1-3H3/p+1/t11?,12?,14-,18+/m1/s1. The summed E-state index contributed by atoms with van der Waals surface area (Å²) in [6.45, 7) is 5.37. The van der Waals surface area contributed by atoms with Crippen molar-refractivity contribution < 1.29 is 24.0 Å². The Labute approximate surface area is 150 Å². The van der Waals surface area contributed by atoms with Crippen molar-refractivity contribution in [1.29, 1.82) is 0 Å². The SMILES string of the molecule is CC(=O)SCC(C)C(=O)[N@+]1(C(=O)O)C[C@@H](Cc2cccs2)CC1C. The molecular weight excluding hydrogens is 346 g/mol. The molecule has 2 unspecified atom stereocenters. The molecule has 2 rings (SSSR count). The number of carboxylic acid groups (broad SMARTS) is 1. The van der Waals surface area contributed by atoms with Crippen LogP contribution in [0.3, 0.4) is 0 Å². The maximum atomic E-state index is 12.9. The Balaban J connectivity index is 2.15. The maximum absolute atomic E-state index is 12.9. The molecule has 0 aromatic carbocycles. The zero-order valence-electron chi connectivity index (χ0n) is 14.2. The zero-order chi connectivity index (χ0) is 17.9. The number of hydrogen-bond acceptors (Lipinski definition) is 5. The molecule has 1 fully saturated rings. The Morgan fingerprint density at radius 1 is 1.46 bits per heavy atom. The summed E-state index contributed by atoms with van der Waals surface area (Å²) >= 11 is 2.75. The van der Waals surface area contributed by atoms with E-state index in [4.69, 9.17) is 0 Å². The van der Waals surface area contributed by atoms with Crippen LogP contribution >= 0.6 is 23.1 Å². The molecule has 0 bridgehead atoms. The van der Waals surface area contributed by atoms with Crippen LogP contribution in [-0.4, -0.2) is 45.0 Å². The van der Waals surface area contributed by atoms with Gasteiger partial charge in [0.25, 0.3) is 0 Å². The van der Waals surface area contributed by atoms with E-state index in [1.54, 1.807) is 18.3 Å². The number of amides is 2. The highest BCUT2D eigenvalue weighted by atomic mass is 32.2. The summed E-state index contributed by atoms with van der Waals surface area (Å²) in [5.41, 5.74) is 0. The van der Waals surface area contributed by atoms with Crippen LogP contribution in [0, 0.1) is 11.8 Å². The van der Waals surface area contributed by atoms with E-state index in [2.05, 4.69) is 6.07 Å². The molecule has 1 aliphatic heterocycles. The van der Waals surface area contributed by atoms with Crippen molar-refractivity contribution in [3.63, 3.8) is 0 Å². The Bertz CT molecular complexity index is 616. The predicted molar refractivity (Wildman–Crippen MR) is 96.1 cm³/mol. The molecule has 0 aliphatic carbocycles. The lowest BCUT2D eigenvalue weighted by Crippen LogP contribution is -2.60. The highest BCUT2D eigenvalue weighted by Crippen LogP contribution is 2.36. The van der Waals surface area contributed by atoms with E-state index < -0.39 is 16.5 Å². The number of likely N-dealkylation sites (tertiary alicyclic amines) is 1. The Morgan fingerprint density at radius 2 is 2.17 bits per heavy atom. The van der Waals surface area contributed by atoms with Gasteiger partial charge >= 0.3 is 12.0 Å². The number of carbonyl (C=O) groups is 3. The second-order valence-electron chi connectivity index (χ2n) is 6.61. The summed E-state index contributed by atoms with van der Waals surface area (Å²) in [7, 11) is 0. The molecule has 1 aromatic rings. The molecule has 2 heterocycles. The van der Waals surface area contributed by atoms with Gasteiger partial charge in [0.2, 0.25) is 0 Å². The molecule has 1 aromatic heterocycles. The predicted octanol–water partition coefficient (Wildman–Crippen LogP) is 3.64. The van der Waals surface area contributed by atoms with Crippen molar-refractivity contribution in [3.05, 3.63) is 22.4 Å². The third-order valence-corrected chi connectivity index (χ3v) is 6.71. The van der Waals surface area contributed by atoms with Crippen LogP contribution < -0.4 is 0 Å². The lowest BCUT2D eigenvalue weighted by atomic mass is 10.0. The van der Waals surface area contributed by atoms with E-state index in [-0.39, 0.29) is 23.0 Å². The van der Waals surface area contributed by atoms with Crippen molar-refractivity contribution in [2.75, 3.05) is 12.3 Å². The molecule has 7 heteroatoms. The van der Waals surface area contributed by atoms with Crippen LogP contribution in [0.4, 0.5) is 4.79 Å². The van der Waals surface area contributed by atoms with Gasteiger partial charge in [-0.3, -0.25) is 4.79 Å². The molecule has 1 saturated heterocycles. The van der Waals surface area contributed by atoms with E-state index in [1.165, 1.54) is 11.8 Å². The number of carbonyl (C=O) groups excluding carboxylic acids is 2. The fraction of sp³-hybridized carbons (Fsp3) is 0.588. The smallest absolute Gasteiger partial charge is 0.435 e. The Kier molecular flexibility index (Phi) is 6.22. The van der Waals surface area contributed by atoms with Gasteiger partial charge in [0, 0.05) is 29.9 Å². The average molecular weight is 371 g/mol. The summed E-state index contributed by atoms with van der Waals surface area (Å²) in [5.74, 6) is -0.217. The zero-order valence-corrected chi connectivity index (χ0v) is 15.9. The van der Waals surface area contributed by atoms with Crippen LogP contribution in [0.5, 0.6) is 0 Å². The third-order valence-electron chi connectivity index (χ3n) is 4.74. The van der Waals surface area contributed by atoms with Crippen LogP contribution in [0.15, 0.2) is 17.5 Å². The average Bonchev–Trinajstić information content (AvgIpc) is 3.12. The third kappa shape index (κ3) is 3.90. The number of thioether (sulfide) groups is 1. The molecule has 0 radical (unpaired) electrons. The van der Waals surface area contributed by atoms with Crippen molar-refractivity contribution in [2.24, 2.45) is 11.8 Å². The molecule has 132 valence electrons. The van der Waals surface area contributed by atoms with E-state index in [0.717, 1.165) is 24.6 Å². The molecular formula is C17H24NO4S2+. The molecule has 4 atom stereocenters. The first kappa shape index (κ1) is 19.1. The lowest BCUT2D eigenvalue weighted by Gasteiger charge is -2.31. The van der Waals surface area contributed by atoms with E-state index in [1.807, 2.05) is 18.4 Å². The van der Waals surface area contributed by atoms with Gasteiger partial charge in [-0.25, -0.2) is 4.79 Å². The van der Waals surface area contributed by atoms with Gasteiger partial charge in [-0.15, -0.1) is 11.3 Å². The van der Waals surface area contributed by atoms with E-state index in [0.29, 0.717) is 12.3 Å². The van der Waals surface area contributed by atoms with Crippen molar-refractivity contribution in [2.45, 2.75) is 39.7 Å². The summed E-state index contributed by atoms with van der Waals surface area (Å²) in [4.78, 5) is 37.4. The van der Waals surface area contributed by atoms with Gasteiger partial charge in [0.15, 0.2) is 5.12 Å². The van der Waals surface area contributed by atoms with Gasteiger partial charge in [-0.2, -0.15) is 9.28 Å². The Morgan fingerprint density at radius 3 is 2.71 bits per heavy atom. The quantitative estimate of drug-likeness (QED) is 0.801. The van der Waals surface area contributed by atoms with Crippen molar-refractivity contribution in [1.82, 2.24) is 0 Å². The van der Waals surface area contributed by atoms with Crippen LogP contribution in [0.2, 0.25) is 0 Å². The van der Waals surface area contributed by atoms with Crippen LogP contribution in [-0.2, 0) is 16.0 Å². The largest absolute Gasteiger partial charge is 0.521 e. The number of hydrogen-bond donors (Lipinski definition) is 1. The van der Waals surface area contributed by atoms with Crippen molar-refractivity contribution >= 4 is 40.2 Å². The van der Waals surface area contributed by atoms with Gasteiger partial charge < -0.3 is 5.11 Å². The van der Waals surface area contributed by atoms with Gasteiger partial charge in [0.1, 0.15) is 6.04 Å². The summed E-state index contributed by atoms with van der Waals surface area (Å²) in [6.07, 6.45) is 0.475. The highest BCUT2D eigenvalue weighted by molar-refractivity contribution is 8.13. The normalized spacial score (nSPS) is 27.8. The van der Waals surface area contributed by atoms with Crippen LogP contribution in [0.1, 0.15) is 32.1 Å². The van der Waals surface area contributed by atoms with Gasteiger partial charge in [-0.05, 0) is 31.7 Å². The minimum atomic E-state index is -1.07. The summed E-state index contributed by atoms with van der Waals surface area (Å²) in [5, 5.41) is 11.8. The fourth-order valence-electron chi connectivity index (χ4n) is 3.56. The molecule has 1 N–H and O–H groups in total. The summed E-state index contributed by atoms with van der Waals surface area (Å²) < 4.78 is -0.504. The number of imide groups is 1. The molecule has 2 amide bonds. The lowest BCUT2D eigenvalue weighted by molar-refractivity contribution is -0.795. The number of rotatable bonds is 5. The van der Waals surface area contributed by atoms with E-state index in [9.17, 15) is 19.5 Å². The number of nitrogens with zero attached hydrogens (tertiary/aromatic N) is 1. The Hall–Kier alpha value is -1.18. The number of thiophene rings is 1. The minimum absolute atomic E-state index is 0.0541. The molecule has 1 aliphatic rings. The topological polar surface area (TPSA) is 71.4 Å². The van der Waals surface area contributed by atoms with Gasteiger partial charge in [0.05, 0.1) is 12.5 Å². The minimum Gasteiger partial charge on any atom is -0.435 e. The molecule has 24 heavy (non-hydrogen) atoms. The monoisotopic (exact) mass is 370 g/mol. The van der Waals surface area contributed by atoms with E-state index >= 15 is 0 Å². The van der Waals surface area contributed by atoms with Crippen molar-refractivity contribution in [3.8, 4) is 0 Å². The van der Waals surface area contributed by atoms with Crippen LogP contribution in [0.25, 0.3) is 0 Å². The first-order valence-electron chi connectivity index (χ1n) is 8.08. The first-order chi connectivity index (χ1) is 11.3. The molecule has 0 saturated carbocycles. The highest BCUT2D eigenvalue weighted by Gasteiger charge is 2.57. The number of quaternary nitrogens is 1. The first-order valence-corrected chi connectivity index (χ1v) is 9.95. The second kappa shape index (κ2) is 7.80. The summed E-state index contributed by atoms with van der Waals surface area (Å²) in [6, 6.07) is 3.80. The fourth-order valence-corrected chi connectivity index (χ4v) is 5.01. The molecule has 5 nitrogen and oxygen atoms in total. The maximum Gasteiger partial charge on any atom is 0.521 e. The second-order valence-corrected chi connectivity index (χ2v) is 8.84. The van der Waals surface area contributed by atoms with Gasteiger partial charge in [-0.1, -0.05) is 17.8 Å². The molecule has 0 spiro atoms.